The van der Waals surface area contributed by atoms with Gasteiger partial charge in [-0.25, -0.2) is 18.2 Å². The van der Waals surface area contributed by atoms with E-state index in [0.717, 1.165) is 55.9 Å². The summed E-state index contributed by atoms with van der Waals surface area (Å²) in [6, 6.07) is 5.56. The predicted octanol–water partition coefficient (Wildman–Crippen LogP) is 5.05. The van der Waals surface area contributed by atoms with Crippen LogP contribution in [0.2, 0.25) is 0 Å². The molecule has 17 nitrogen and oxygen atoms in total. The Hall–Kier alpha value is -5.52. The maximum Gasteiger partial charge on any atom is 0.408 e. The van der Waals surface area contributed by atoms with Crippen molar-refractivity contribution in [3.8, 4) is 11.6 Å². The number of alkyl carbamates (subject to hydrolysis) is 1. The lowest BCUT2D eigenvalue weighted by Crippen LogP contribution is -2.59. The number of aromatic nitrogens is 4. The fraction of sp³-hybridized carbons (Fsp3) is 0.596. The number of hydrogen-bond acceptors (Lipinski definition) is 12. The van der Waals surface area contributed by atoms with E-state index in [9.17, 15) is 22.8 Å². The van der Waals surface area contributed by atoms with Crippen molar-refractivity contribution in [2.24, 2.45) is 17.8 Å². The number of carbonyl (C=O) groups is 4. The first kappa shape index (κ1) is 44.7. The highest BCUT2D eigenvalue weighted by molar-refractivity contribution is 7.91. The molecule has 65 heavy (non-hydrogen) atoms. The molecular weight excluding hydrogens is 853 g/mol. The van der Waals surface area contributed by atoms with Crippen LogP contribution in [0.4, 0.5) is 4.79 Å². The highest BCUT2D eigenvalue weighted by atomic mass is 32.2. The van der Waals surface area contributed by atoms with E-state index in [1.807, 2.05) is 28.8 Å². The molecule has 7 atom stereocenters. The molecule has 0 spiro atoms. The van der Waals surface area contributed by atoms with Crippen LogP contribution in [-0.2, 0) is 42.1 Å². The Kier molecular flexibility index (Phi) is 12.6. The number of carbonyl (C=O) groups excluding carboxylic acids is 4. The maximum absolute atomic E-state index is 15.1. The van der Waals surface area contributed by atoms with Crippen LogP contribution >= 0.6 is 0 Å². The Balaban J connectivity index is 1.06. The smallest absolute Gasteiger partial charge is 0.408 e. The highest BCUT2D eigenvalue weighted by Gasteiger charge is 2.63. The number of para-hydroxylation sites is 1. The van der Waals surface area contributed by atoms with Crippen LogP contribution in [0.1, 0.15) is 102 Å². The molecule has 3 aromatic rings. The molecule has 0 unspecified atom stereocenters. The summed E-state index contributed by atoms with van der Waals surface area (Å²) in [7, 11) is -4.02. The summed E-state index contributed by atoms with van der Waals surface area (Å²) in [4.78, 5) is 64.0. The average molecular weight is 913 g/mol. The molecule has 2 aromatic heterocycles. The fourth-order valence-electron chi connectivity index (χ4n) is 10.3. The van der Waals surface area contributed by atoms with Gasteiger partial charge in [0.1, 0.15) is 48.2 Å². The summed E-state index contributed by atoms with van der Waals surface area (Å²) in [5.41, 5.74) is -0.209. The summed E-state index contributed by atoms with van der Waals surface area (Å²) in [5, 5.41) is 14.5. The Morgan fingerprint density at radius 3 is 2.54 bits per heavy atom. The van der Waals surface area contributed by atoms with Gasteiger partial charge in [-0.1, -0.05) is 43.2 Å². The maximum atomic E-state index is 15.1. The van der Waals surface area contributed by atoms with Gasteiger partial charge in [0.25, 0.3) is 5.91 Å². The summed E-state index contributed by atoms with van der Waals surface area (Å²) >= 11 is 0. The second-order valence-corrected chi connectivity index (χ2v) is 21.3. The van der Waals surface area contributed by atoms with Crippen molar-refractivity contribution in [1.82, 2.24) is 40.0 Å². The number of rotatable bonds is 12. The fourth-order valence-corrected chi connectivity index (χ4v) is 11.6. The summed E-state index contributed by atoms with van der Waals surface area (Å²) < 4.78 is 49.1. The number of nitrogens with zero attached hydrogens (tertiary/aromatic N) is 5. The van der Waals surface area contributed by atoms with Gasteiger partial charge in [0, 0.05) is 24.3 Å². The van der Waals surface area contributed by atoms with E-state index >= 15 is 4.79 Å². The summed E-state index contributed by atoms with van der Waals surface area (Å²) in [5.74, 6) is -1.54. The molecule has 3 N–H and O–H groups in total. The first-order valence-electron chi connectivity index (χ1n) is 23.4. The van der Waals surface area contributed by atoms with E-state index in [4.69, 9.17) is 19.2 Å². The molecule has 4 heterocycles. The van der Waals surface area contributed by atoms with E-state index in [-0.39, 0.29) is 37.3 Å². The Bertz CT molecular complexity index is 2440. The largest absolute Gasteiger partial charge is 0.492 e. The molecule has 1 aromatic carbocycles. The zero-order valence-corrected chi connectivity index (χ0v) is 37.8. The van der Waals surface area contributed by atoms with Crippen molar-refractivity contribution in [3.63, 3.8) is 0 Å². The molecule has 18 heteroatoms. The standard InChI is InChI=1S/C47H60N8O9S/c1-3-32-26-47(32,44(58)53-65(60,61)46(2)21-22-46)52-41(56)37-25-33-27-55(37)43(57)39(31-14-7-8-15-31)51-45(59)64-38-20-11-16-30(38)13-5-4-6-18-35-40(62-24-12-23-54-28-48-49-29-54)34-17-9-10-19-36(34)50-42(35)63-33/h3-4,6,9-10,17,19,28-33,37-39H,1,5,7-8,11-16,18,20-27H2,2H3,(H,51,59)(H,52,56)(H,53,58)/t30-,32-,33-,37+,38-,39+,47-/m1/s1. The normalized spacial score (nSPS) is 29.0. The van der Waals surface area contributed by atoms with Crippen molar-refractivity contribution in [2.45, 2.75) is 144 Å². The van der Waals surface area contributed by atoms with Crippen LogP contribution in [0.15, 0.2) is 61.7 Å². The number of nitrogens with one attached hydrogen (secondary N) is 3. The van der Waals surface area contributed by atoms with Crippen molar-refractivity contribution in [1.29, 1.82) is 0 Å². The highest BCUT2D eigenvalue weighted by Crippen LogP contribution is 2.47. The number of sulfonamides is 1. The number of ether oxygens (including phenoxy) is 3. The zero-order chi connectivity index (χ0) is 45.3. The number of amides is 4. The second-order valence-electron chi connectivity index (χ2n) is 19.1. The van der Waals surface area contributed by atoms with E-state index in [1.54, 1.807) is 19.6 Å². The molecule has 4 saturated carbocycles. The van der Waals surface area contributed by atoms with Gasteiger partial charge in [0.05, 0.1) is 29.0 Å². The molecule has 2 aliphatic heterocycles. The van der Waals surface area contributed by atoms with Crippen LogP contribution in [0.25, 0.3) is 10.9 Å². The first-order chi connectivity index (χ1) is 31.4. The van der Waals surface area contributed by atoms with Crippen molar-refractivity contribution in [3.05, 3.63) is 67.3 Å². The van der Waals surface area contributed by atoms with Gasteiger partial charge in [0.15, 0.2) is 0 Å². The quantitative estimate of drug-likeness (QED) is 0.161. The molecule has 5 fully saturated rings. The Morgan fingerprint density at radius 2 is 1.78 bits per heavy atom. The first-order valence-corrected chi connectivity index (χ1v) is 24.8. The van der Waals surface area contributed by atoms with Gasteiger partial charge in [-0.15, -0.1) is 16.8 Å². The van der Waals surface area contributed by atoms with Gasteiger partial charge >= 0.3 is 6.09 Å². The van der Waals surface area contributed by atoms with Gasteiger partial charge in [-0.3, -0.25) is 19.1 Å². The molecule has 4 aliphatic carbocycles. The molecular formula is C47H60N8O9S. The third-order valence-electron chi connectivity index (χ3n) is 14.6. The Morgan fingerprint density at radius 1 is 1.02 bits per heavy atom. The van der Waals surface area contributed by atoms with Crippen molar-refractivity contribution in [2.75, 3.05) is 13.2 Å². The van der Waals surface area contributed by atoms with Gasteiger partial charge in [-0.2, -0.15) is 0 Å². The van der Waals surface area contributed by atoms with E-state index < -0.39 is 68.2 Å². The second kappa shape index (κ2) is 18.4. The van der Waals surface area contributed by atoms with Crippen LogP contribution in [0.3, 0.4) is 0 Å². The number of fused-ring (bicyclic) bond motifs is 5. The van der Waals surface area contributed by atoms with E-state index in [2.05, 4.69) is 44.3 Å². The summed E-state index contributed by atoms with van der Waals surface area (Å²) in [6.45, 7) is 6.45. The third-order valence-corrected chi connectivity index (χ3v) is 16.8. The van der Waals surface area contributed by atoms with Gasteiger partial charge in [0.2, 0.25) is 27.7 Å². The van der Waals surface area contributed by atoms with Gasteiger partial charge < -0.3 is 34.3 Å². The average Bonchev–Trinajstić information content (AvgIpc) is 3.73. The molecule has 2 bridgehead atoms. The molecule has 1 saturated heterocycles. The molecule has 0 radical (unpaired) electrons. The minimum Gasteiger partial charge on any atom is -0.492 e. The minimum atomic E-state index is -4.02. The SMILES string of the molecule is C=C[C@@H]1C[C@]1(NC(=O)[C@@H]1C[C@@H]2CN1C(=O)[C@H](C1CCCC1)NC(=O)O[C@@H]1CCC[C@H]1CCC=CCc1c(nc3ccccc3c1OCCCn1cnnc1)O2)C(=O)NS(=O)(=O)C1(C)CC1. The Labute approximate surface area is 379 Å². The number of hydrogen-bond donors (Lipinski definition) is 3. The van der Waals surface area contributed by atoms with Crippen LogP contribution in [0.5, 0.6) is 11.6 Å². The number of benzene rings is 1. The predicted molar refractivity (Wildman–Crippen MR) is 239 cm³/mol. The minimum absolute atomic E-state index is 0.0227. The zero-order valence-electron chi connectivity index (χ0n) is 37.0. The van der Waals surface area contributed by atoms with Crippen LogP contribution in [-0.4, -0.2) is 105 Å². The lowest BCUT2D eigenvalue weighted by atomic mass is 9.96. The van der Waals surface area contributed by atoms with Gasteiger partial charge in [-0.05, 0) is 108 Å². The van der Waals surface area contributed by atoms with E-state index in [1.165, 1.54) is 11.0 Å². The van der Waals surface area contributed by atoms with Crippen molar-refractivity contribution >= 4 is 44.7 Å². The number of pyridine rings is 1. The lowest BCUT2D eigenvalue weighted by molar-refractivity contribution is -0.142. The monoisotopic (exact) mass is 912 g/mol. The van der Waals surface area contributed by atoms with Crippen molar-refractivity contribution < 1.29 is 41.8 Å². The molecule has 4 amide bonds. The molecule has 6 aliphatic rings. The van der Waals surface area contributed by atoms with E-state index in [0.29, 0.717) is 68.8 Å². The van der Waals surface area contributed by atoms with Crippen LogP contribution in [0, 0.1) is 17.8 Å². The lowest BCUT2D eigenvalue weighted by Gasteiger charge is -2.32. The molecule has 348 valence electrons. The van der Waals surface area contributed by atoms with Crippen LogP contribution < -0.4 is 24.8 Å². The molecule has 9 rings (SSSR count). The number of aryl methyl sites for hydroxylation is 1. The number of allylic oxidation sites excluding steroid dienone is 2. The summed E-state index contributed by atoms with van der Waals surface area (Å²) in [6.07, 6.45) is 16.9. The topological polar surface area (TPSA) is 213 Å². The third kappa shape index (κ3) is 9.32.